The van der Waals surface area contributed by atoms with Gasteiger partial charge in [-0.05, 0) is 6.92 Å². The Labute approximate surface area is 77.5 Å². The van der Waals surface area contributed by atoms with Crippen LogP contribution in [0.3, 0.4) is 0 Å². The number of rotatable bonds is 2. The fourth-order valence-electron chi connectivity index (χ4n) is 1.13. The first-order valence-corrected chi connectivity index (χ1v) is 5.30. The predicted octanol–water partition coefficient (Wildman–Crippen LogP) is -1.27. The van der Waals surface area contributed by atoms with E-state index >= 15 is 0 Å². The van der Waals surface area contributed by atoms with Gasteiger partial charge in [0.1, 0.15) is 5.37 Å². The molecule has 3 N–H and O–H groups in total. The summed E-state index contributed by atoms with van der Waals surface area (Å²) in [5.74, 6) is 0. The van der Waals surface area contributed by atoms with Gasteiger partial charge in [0.25, 0.3) is 10.1 Å². The van der Waals surface area contributed by atoms with Crippen LogP contribution in [0.25, 0.3) is 0 Å². The third-order valence-corrected chi connectivity index (χ3v) is 3.15. The lowest BCUT2D eigenvalue weighted by molar-refractivity contribution is 0.0325. The smallest absolute Gasteiger partial charge is 0.280 e. The number of hydrogen-bond donors (Lipinski definition) is 1. The molecule has 0 aromatic rings. The van der Waals surface area contributed by atoms with Gasteiger partial charge in [-0.15, -0.1) is 0 Å². The molecular formula is C6H15NO5S. The molecule has 0 spiro atoms. The highest BCUT2D eigenvalue weighted by Gasteiger charge is 2.26. The molecule has 0 aromatic carbocycles. The van der Waals surface area contributed by atoms with E-state index in [9.17, 15) is 8.42 Å². The van der Waals surface area contributed by atoms with Crippen molar-refractivity contribution < 1.29 is 23.2 Å². The molecule has 6 nitrogen and oxygen atoms in total. The summed E-state index contributed by atoms with van der Waals surface area (Å²) in [4.78, 5) is 1.68. The second kappa shape index (κ2) is 4.87. The number of nitrogens with zero attached hydrogens (tertiary/aromatic N) is 1. The average molecular weight is 213 g/mol. The van der Waals surface area contributed by atoms with Crippen molar-refractivity contribution in [2.24, 2.45) is 0 Å². The lowest BCUT2D eigenvalue weighted by Crippen LogP contribution is -2.45. The molecule has 80 valence electrons. The zero-order valence-corrected chi connectivity index (χ0v) is 8.25. The van der Waals surface area contributed by atoms with Gasteiger partial charge in [0.15, 0.2) is 0 Å². The molecule has 1 aliphatic heterocycles. The van der Waals surface area contributed by atoms with Crippen molar-refractivity contribution >= 4 is 10.1 Å². The fraction of sp³-hybridized carbons (Fsp3) is 1.00. The lowest BCUT2D eigenvalue weighted by Gasteiger charge is -2.30. The van der Waals surface area contributed by atoms with Crippen LogP contribution in [-0.4, -0.2) is 55.0 Å². The monoisotopic (exact) mass is 213 g/mol. The molecule has 0 saturated carbocycles. The van der Waals surface area contributed by atoms with E-state index in [1.54, 1.807) is 4.90 Å². The highest BCUT2D eigenvalue weighted by molar-refractivity contribution is 7.86. The largest absolute Gasteiger partial charge is 0.412 e. The summed E-state index contributed by atoms with van der Waals surface area (Å²) in [5.41, 5.74) is 0. The topological polar surface area (TPSA) is 98.3 Å². The molecule has 1 atom stereocenters. The number of hydrogen-bond acceptors (Lipinski definition) is 4. The van der Waals surface area contributed by atoms with E-state index in [4.69, 9.17) is 9.29 Å². The first-order chi connectivity index (χ1) is 5.52. The van der Waals surface area contributed by atoms with Crippen LogP contribution in [0.1, 0.15) is 6.92 Å². The molecule has 1 aliphatic rings. The minimum absolute atomic E-state index is 0. The van der Waals surface area contributed by atoms with Crippen LogP contribution in [0.4, 0.5) is 0 Å². The molecule has 0 aromatic heterocycles. The Morgan fingerprint density at radius 2 is 1.85 bits per heavy atom. The van der Waals surface area contributed by atoms with Gasteiger partial charge in [-0.1, -0.05) is 0 Å². The third-order valence-electron chi connectivity index (χ3n) is 1.99. The molecule has 0 amide bonds. The van der Waals surface area contributed by atoms with Crippen molar-refractivity contribution in [3.05, 3.63) is 0 Å². The molecule has 13 heavy (non-hydrogen) atoms. The minimum atomic E-state index is -3.93. The van der Waals surface area contributed by atoms with Crippen LogP contribution < -0.4 is 0 Å². The molecule has 1 saturated heterocycles. The Bertz CT molecular complexity index is 233. The van der Waals surface area contributed by atoms with Gasteiger partial charge in [-0.2, -0.15) is 8.42 Å². The van der Waals surface area contributed by atoms with Gasteiger partial charge in [-0.3, -0.25) is 9.45 Å². The standard InChI is InChI=1S/C6H13NO4S.H2O/c1-6(12(8,9)10)7-2-4-11-5-3-7;/h6H,2-5H2,1H3,(H,8,9,10);1H2. The Morgan fingerprint density at radius 3 is 2.23 bits per heavy atom. The Hall–Kier alpha value is -0.210. The molecule has 1 fully saturated rings. The van der Waals surface area contributed by atoms with Crippen LogP contribution >= 0.6 is 0 Å². The summed E-state index contributed by atoms with van der Waals surface area (Å²) >= 11 is 0. The molecule has 0 radical (unpaired) electrons. The average Bonchev–Trinajstić information content (AvgIpc) is 2.03. The Morgan fingerprint density at radius 1 is 1.38 bits per heavy atom. The zero-order valence-electron chi connectivity index (χ0n) is 7.43. The van der Waals surface area contributed by atoms with Crippen molar-refractivity contribution in [1.82, 2.24) is 4.90 Å². The van der Waals surface area contributed by atoms with Crippen LogP contribution in [-0.2, 0) is 14.9 Å². The molecular weight excluding hydrogens is 198 g/mol. The van der Waals surface area contributed by atoms with Crippen molar-refractivity contribution in [3.63, 3.8) is 0 Å². The fourth-order valence-corrected chi connectivity index (χ4v) is 1.72. The highest BCUT2D eigenvalue weighted by atomic mass is 32.2. The summed E-state index contributed by atoms with van der Waals surface area (Å²) in [6.45, 7) is 3.64. The van der Waals surface area contributed by atoms with Gasteiger partial charge in [0.2, 0.25) is 0 Å². The molecule has 0 aliphatic carbocycles. The minimum Gasteiger partial charge on any atom is -0.412 e. The van der Waals surface area contributed by atoms with E-state index in [1.165, 1.54) is 6.92 Å². The maximum absolute atomic E-state index is 10.7. The van der Waals surface area contributed by atoms with Crippen molar-refractivity contribution in [1.29, 1.82) is 0 Å². The van der Waals surface area contributed by atoms with Crippen LogP contribution in [0.15, 0.2) is 0 Å². The lowest BCUT2D eigenvalue weighted by atomic mass is 10.4. The van der Waals surface area contributed by atoms with E-state index in [2.05, 4.69) is 0 Å². The number of morpholine rings is 1. The van der Waals surface area contributed by atoms with E-state index < -0.39 is 15.5 Å². The van der Waals surface area contributed by atoms with E-state index in [1.807, 2.05) is 0 Å². The van der Waals surface area contributed by atoms with Gasteiger partial charge < -0.3 is 10.2 Å². The second-order valence-corrected chi connectivity index (χ2v) is 4.47. The van der Waals surface area contributed by atoms with E-state index in [0.717, 1.165) is 0 Å². The van der Waals surface area contributed by atoms with Gasteiger partial charge in [0.05, 0.1) is 13.2 Å². The van der Waals surface area contributed by atoms with Gasteiger partial charge in [-0.25, -0.2) is 0 Å². The molecule has 7 heteroatoms. The quantitative estimate of drug-likeness (QED) is 0.576. The zero-order chi connectivity index (χ0) is 9.19. The number of ether oxygens (including phenoxy) is 1. The molecule has 1 heterocycles. The van der Waals surface area contributed by atoms with Crippen LogP contribution in [0.2, 0.25) is 0 Å². The van der Waals surface area contributed by atoms with Crippen LogP contribution in [0, 0.1) is 0 Å². The SMILES string of the molecule is CC(N1CCOCC1)S(=O)(=O)O.O. The Kier molecular flexibility index (Phi) is 4.79. The normalized spacial score (nSPS) is 22.0. The summed E-state index contributed by atoms with van der Waals surface area (Å²) in [6.07, 6.45) is 0. The molecule has 0 bridgehead atoms. The summed E-state index contributed by atoms with van der Waals surface area (Å²) in [6, 6.07) is 0. The third kappa shape index (κ3) is 3.57. The molecule has 1 rings (SSSR count). The first kappa shape index (κ1) is 12.8. The summed E-state index contributed by atoms with van der Waals surface area (Å²) in [7, 11) is -3.93. The maximum atomic E-state index is 10.7. The van der Waals surface area contributed by atoms with Gasteiger partial charge in [0, 0.05) is 13.1 Å². The predicted molar refractivity (Wildman–Crippen MR) is 47.0 cm³/mol. The van der Waals surface area contributed by atoms with Crippen LogP contribution in [0.5, 0.6) is 0 Å². The highest BCUT2D eigenvalue weighted by Crippen LogP contribution is 2.07. The molecule has 1 unspecified atom stereocenters. The van der Waals surface area contributed by atoms with Crippen molar-refractivity contribution in [2.75, 3.05) is 26.3 Å². The van der Waals surface area contributed by atoms with E-state index in [-0.39, 0.29) is 5.48 Å². The Balaban J connectivity index is 0.00000144. The summed E-state index contributed by atoms with van der Waals surface area (Å²) in [5, 5.41) is -0.818. The van der Waals surface area contributed by atoms with Crippen molar-refractivity contribution in [2.45, 2.75) is 12.3 Å². The van der Waals surface area contributed by atoms with E-state index in [0.29, 0.717) is 26.3 Å². The first-order valence-electron chi connectivity index (χ1n) is 3.80. The second-order valence-electron chi connectivity index (χ2n) is 2.76. The maximum Gasteiger partial charge on any atom is 0.280 e. The van der Waals surface area contributed by atoms with Crippen molar-refractivity contribution in [3.8, 4) is 0 Å². The summed E-state index contributed by atoms with van der Waals surface area (Å²) < 4.78 is 35.2. The van der Waals surface area contributed by atoms with Gasteiger partial charge >= 0.3 is 0 Å².